The van der Waals surface area contributed by atoms with E-state index in [-0.39, 0.29) is 18.0 Å². The lowest BCUT2D eigenvalue weighted by Crippen LogP contribution is -2.49. The lowest BCUT2D eigenvalue weighted by atomic mass is 10.00. The number of nitrogens with one attached hydrogen (secondary N) is 1. The minimum atomic E-state index is -0.305. The Morgan fingerprint density at radius 2 is 2.10 bits per heavy atom. The number of nitrogens with zero attached hydrogens (tertiary/aromatic N) is 2. The van der Waals surface area contributed by atoms with Crippen molar-refractivity contribution < 1.29 is 9.59 Å². The molecule has 0 saturated carbocycles. The average Bonchev–Trinajstić information content (AvgIpc) is 2.91. The zero-order valence-corrected chi connectivity index (χ0v) is 11.6. The molecule has 1 aromatic rings. The van der Waals surface area contributed by atoms with Crippen LogP contribution >= 0.6 is 0 Å². The molecule has 3 rings (SSSR count). The number of amides is 3. The normalized spacial score (nSPS) is 19.6. The summed E-state index contributed by atoms with van der Waals surface area (Å²) < 4.78 is 0. The molecule has 0 radical (unpaired) electrons. The van der Waals surface area contributed by atoms with Gasteiger partial charge in [-0.2, -0.15) is 0 Å². The number of anilines is 1. The molecule has 2 heterocycles. The van der Waals surface area contributed by atoms with Crippen LogP contribution in [-0.2, 0) is 11.2 Å². The van der Waals surface area contributed by atoms with Gasteiger partial charge < -0.3 is 10.2 Å². The van der Waals surface area contributed by atoms with Gasteiger partial charge in [0.1, 0.15) is 6.04 Å². The van der Waals surface area contributed by atoms with Crippen molar-refractivity contribution in [1.29, 1.82) is 0 Å². The number of hydrogen-bond donors (Lipinski definition) is 1. The van der Waals surface area contributed by atoms with Crippen LogP contribution in [0.2, 0.25) is 0 Å². The molecule has 0 spiro atoms. The predicted molar refractivity (Wildman–Crippen MR) is 76.7 cm³/mol. The van der Waals surface area contributed by atoms with Crippen molar-refractivity contribution in [3.63, 3.8) is 0 Å². The third kappa shape index (κ3) is 2.13. The van der Waals surface area contributed by atoms with Crippen LogP contribution in [0.1, 0.15) is 18.9 Å². The second-order valence-corrected chi connectivity index (χ2v) is 5.32. The van der Waals surface area contributed by atoms with Crippen molar-refractivity contribution in [3.8, 4) is 0 Å². The van der Waals surface area contributed by atoms with Gasteiger partial charge in [0.25, 0.3) is 5.91 Å². The minimum absolute atomic E-state index is 0.114. The number of fused-ring (bicyclic) bond motifs is 1. The summed E-state index contributed by atoms with van der Waals surface area (Å²) >= 11 is 0. The molecule has 2 aliphatic rings. The molecular formula is C15H19N3O2. The Bertz CT molecular complexity index is 544. The van der Waals surface area contributed by atoms with E-state index < -0.39 is 0 Å². The molecule has 5 nitrogen and oxygen atoms in total. The summed E-state index contributed by atoms with van der Waals surface area (Å²) in [5.41, 5.74) is 2.41. The maximum atomic E-state index is 12.5. The third-order valence-electron chi connectivity index (χ3n) is 4.09. The summed E-state index contributed by atoms with van der Waals surface area (Å²) in [4.78, 5) is 27.6. The quantitative estimate of drug-likeness (QED) is 0.885. The highest BCUT2D eigenvalue weighted by molar-refractivity contribution is 5.99. The molecule has 2 aliphatic heterocycles. The molecule has 1 atom stereocenters. The number of aryl methyl sites for hydroxylation is 1. The van der Waals surface area contributed by atoms with Crippen LogP contribution in [0.15, 0.2) is 24.3 Å². The third-order valence-corrected chi connectivity index (χ3v) is 4.09. The summed E-state index contributed by atoms with van der Waals surface area (Å²) in [6.45, 7) is 3.76. The first-order valence-electron chi connectivity index (χ1n) is 7.12. The number of para-hydroxylation sites is 1. The zero-order valence-electron chi connectivity index (χ0n) is 11.6. The largest absolute Gasteiger partial charge is 0.360 e. The monoisotopic (exact) mass is 273 g/mol. The topological polar surface area (TPSA) is 52.7 Å². The van der Waals surface area contributed by atoms with Gasteiger partial charge in [-0.3, -0.25) is 9.69 Å². The summed E-state index contributed by atoms with van der Waals surface area (Å²) in [6.07, 6.45) is 2.10. The molecule has 106 valence electrons. The number of carbonyl (C=O) groups is 2. The van der Waals surface area contributed by atoms with E-state index >= 15 is 0 Å². The fourth-order valence-electron chi connectivity index (χ4n) is 3.01. The Morgan fingerprint density at radius 1 is 1.30 bits per heavy atom. The van der Waals surface area contributed by atoms with Crippen molar-refractivity contribution in [3.05, 3.63) is 29.8 Å². The summed E-state index contributed by atoms with van der Waals surface area (Å²) in [5.74, 6) is -0.114. The van der Waals surface area contributed by atoms with Gasteiger partial charge in [-0.1, -0.05) is 18.2 Å². The van der Waals surface area contributed by atoms with Crippen molar-refractivity contribution in [2.24, 2.45) is 0 Å². The van der Waals surface area contributed by atoms with Gasteiger partial charge >= 0.3 is 6.03 Å². The van der Waals surface area contributed by atoms with E-state index in [1.165, 1.54) is 10.5 Å². The Morgan fingerprint density at radius 3 is 2.85 bits per heavy atom. The molecule has 1 aromatic carbocycles. The standard InChI is InChI=1S/C15H19N3O2/c1-11(14(19)18-10-8-16-15(18)20)17-9-4-6-12-5-2-3-7-13(12)17/h2-3,5,7,11H,4,6,8-10H2,1H3,(H,16,20)/t11-/m1/s1. The molecular weight excluding hydrogens is 254 g/mol. The smallest absolute Gasteiger partial charge is 0.324 e. The number of urea groups is 1. The van der Waals surface area contributed by atoms with E-state index in [0.29, 0.717) is 13.1 Å². The Hall–Kier alpha value is -2.04. The van der Waals surface area contributed by atoms with Crippen molar-refractivity contribution >= 4 is 17.6 Å². The van der Waals surface area contributed by atoms with Crippen molar-refractivity contribution in [2.45, 2.75) is 25.8 Å². The highest BCUT2D eigenvalue weighted by Gasteiger charge is 2.33. The van der Waals surface area contributed by atoms with Gasteiger partial charge in [-0.15, -0.1) is 0 Å². The van der Waals surface area contributed by atoms with Gasteiger partial charge in [-0.05, 0) is 31.4 Å². The summed E-state index contributed by atoms with van der Waals surface area (Å²) in [5, 5.41) is 2.68. The van der Waals surface area contributed by atoms with Crippen LogP contribution in [0.3, 0.4) is 0 Å². The van der Waals surface area contributed by atoms with Gasteiger partial charge in [0.15, 0.2) is 0 Å². The van der Waals surface area contributed by atoms with E-state index in [1.807, 2.05) is 19.1 Å². The number of benzene rings is 1. The summed E-state index contributed by atoms with van der Waals surface area (Å²) in [6, 6.07) is 7.62. The van der Waals surface area contributed by atoms with Crippen LogP contribution in [0.5, 0.6) is 0 Å². The lowest BCUT2D eigenvalue weighted by molar-refractivity contribution is -0.128. The molecule has 5 heteroatoms. The van der Waals surface area contributed by atoms with Crippen molar-refractivity contribution in [1.82, 2.24) is 10.2 Å². The van der Waals surface area contributed by atoms with Crippen LogP contribution < -0.4 is 10.2 Å². The minimum Gasteiger partial charge on any atom is -0.360 e. The molecule has 20 heavy (non-hydrogen) atoms. The number of rotatable bonds is 2. The van der Waals surface area contributed by atoms with Crippen molar-refractivity contribution in [2.75, 3.05) is 24.5 Å². The Labute approximate surface area is 118 Å². The van der Waals surface area contributed by atoms with Crippen LogP contribution in [-0.4, -0.2) is 42.5 Å². The molecule has 0 bridgehead atoms. The fourth-order valence-corrected chi connectivity index (χ4v) is 3.01. The first-order chi connectivity index (χ1) is 9.68. The average molecular weight is 273 g/mol. The Kier molecular flexibility index (Phi) is 3.34. The number of carbonyl (C=O) groups excluding carboxylic acids is 2. The number of imide groups is 1. The van der Waals surface area contributed by atoms with E-state index in [0.717, 1.165) is 25.1 Å². The maximum Gasteiger partial charge on any atom is 0.324 e. The highest BCUT2D eigenvalue weighted by Crippen LogP contribution is 2.28. The first kappa shape index (κ1) is 13.0. The van der Waals surface area contributed by atoms with Gasteiger partial charge in [-0.25, -0.2) is 4.79 Å². The molecule has 0 aromatic heterocycles. The summed E-state index contributed by atoms with van der Waals surface area (Å²) in [7, 11) is 0. The van der Waals surface area contributed by atoms with E-state index in [2.05, 4.69) is 22.3 Å². The van der Waals surface area contributed by atoms with Crippen LogP contribution in [0.25, 0.3) is 0 Å². The Balaban J connectivity index is 1.83. The zero-order chi connectivity index (χ0) is 14.1. The fraction of sp³-hybridized carbons (Fsp3) is 0.467. The number of hydrogen-bond acceptors (Lipinski definition) is 3. The highest BCUT2D eigenvalue weighted by atomic mass is 16.2. The molecule has 1 N–H and O–H groups in total. The van der Waals surface area contributed by atoms with Gasteiger partial charge in [0.2, 0.25) is 0 Å². The second-order valence-electron chi connectivity index (χ2n) is 5.32. The van der Waals surface area contributed by atoms with Crippen LogP contribution in [0.4, 0.5) is 10.5 Å². The van der Waals surface area contributed by atoms with E-state index in [4.69, 9.17) is 0 Å². The SMILES string of the molecule is C[C@H](C(=O)N1CCNC1=O)N1CCCc2ccccc21. The van der Waals surface area contributed by atoms with Gasteiger partial charge in [0, 0.05) is 25.3 Å². The molecule has 1 fully saturated rings. The van der Waals surface area contributed by atoms with Gasteiger partial charge in [0.05, 0.1) is 0 Å². The predicted octanol–water partition coefficient (Wildman–Crippen LogP) is 1.38. The molecule has 0 unspecified atom stereocenters. The second kappa shape index (κ2) is 5.15. The first-order valence-corrected chi connectivity index (χ1v) is 7.12. The maximum absolute atomic E-state index is 12.5. The molecule has 0 aliphatic carbocycles. The molecule has 3 amide bonds. The lowest BCUT2D eigenvalue weighted by Gasteiger charge is -2.36. The van der Waals surface area contributed by atoms with E-state index in [9.17, 15) is 9.59 Å². The molecule has 1 saturated heterocycles. The van der Waals surface area contributed by atoms with Crippen LogP contribution in [0, 0.1) is 0 Å². The van der Waals surface area contributed by atoms with E-state index in [1.54, 1.807) is 0 Å².